The fourth-order valence-electron chi connectivity index (χ4n) is 2.94. The van der Waals surface area contributed by atoms with Crippen LogP contribution < -0.4 is 21.7 Å². The Hall–Kier alpha value is -2.91. The molecule has 1 fully saturated rings. The first-order valence-electron chi connectivity index (χ1n) is 11.3. The van der Waals surface area contributed by atoms with Gasteiger partial charge in [-0.2, -0.15) is 0 Å². The highest BCUT2D eigenvalue weighted by Gasteiger charge is 2.10. The van der Waals surface area contributed by atoms with Gasteiger partial charge in [0.15, 0.2) is 5.84 Å². The molecule has 1 aliphatic rings. The van der Waals surface area contributed by atoms with Crippen LogP contribution in [-0.4, -0.2) is 59.6 Å². The van der Waals surface area contributed by atoms with Crippen LogP contribution in [0.2, 0.25) is 5.02 Å². The second-order valence-electron chi connectivity index (χ2n) is 6.22. The fourth-order valence-corrected chi connectivity index (χ4v) is 3.10. The molecular formula is C26H40ClFN6O. The molecular weight excluding hydrogens is 467 g/mol. The van der Waals surface area contributed by atoms with Crippen molar-refractivity contribution in [2.45, 2.75) is 20.3 Å². The molecule has 0 unspecified atom stereocenters. The summed E-state index contributed by atoms with van der Waals surface area (Å²) in [6.07, 6.45) is 3.84. The Morgan fingerprint density at radius 1 is 1.09 bits per heavy atom. The smallest absolute Gasteiger partial charge is 0.158 e. The van der Waals surface area contributed by atoms with Gasteiger partial charge in [0.2, 0.25) is 0 Å². The first kappa shape index (κ1) is 34.3. The lowest BCUT2D eigenvalue weighted by Gasteiger charge is -2.29. The van der Waals surface area contributed by atoms with E-state index in [2.05, 4.69) is 50.5 Å². The maximum absolute atomic E-state index is 13.8. The number of benzene rings is 2. The molecule has 0 aromatic heterocycles. The van der Waals surface area contributed by atoms with Crippen LogP contribution in [-0.2, 0) is 11.2 Å². The van der Waals surface area contributed by atoms with Crippen LogP contribution >= 0.6 is 11.6 Å². The van der Waals surface area contributed by atoms with Crippen molar-refractivity contribution in [1.29, 1.82) is 0 Å². The van der Waals surface area contributed by atoms with Gasteiger partial charge in [-0.25, -0.2) is 14.4 Å². The summed E-state index contributed by atoms with van der Waals surface area (Å²) in [6.45, 7) is 13.6. The van der Waals surface area contributed by atoms with E-state index in [4.69, 9.17) is 16.4 Å². The molecule has 2 aromatic carbocycles. The Morgan fingerprint density at radius 3 is 2.17 bits per heavy atom. The number of hydrogen-bond acceptors (Lipinski definition) is 6. The summed E-state index contributed by atoms with van der Waals surface area (Å²) in [5.74, 6) is 0.219. The van der Waals surface area contributed by atoms with Crippen LogP contribution in [0.1, 0.15) is 25.0 Å². The number of rotatable bonds is 5. The number of halogens is 2. The van der Waals surface area contributed by atoms with Gasteiger partial charge in [-0.3, -0.25) is 0 Å². The first-order chi connectivity index (χ1) is 17.2. The Morgan fingerprint density at radius 2 is 1.66 bits per heavy atom. The van der Waals surface area contributed by atoms with Crippen molar-refractivity contribution in [1.82, 2.24) is 5.32 Å². The summed E-state index contributed by atoms with van der Waals surface area (Å²) < 4.78 is 13.8. The Bertz CT molecular complexity index is 869. The summed E-state index contributed by atoms with van der Waals surface area (Å²) in [6, 6.07) is 12.8. The molecule has 0 saturated carbocycles. The molecule has 35 heavy (non-hydrogen) atoms. The third kappa shape index (κ3) is 12.9. The monoisotopic (exact) mass is 506 g/mol. The van der Waals surface area contributed by atoms with Gasteiger partial charge in [-0.15, -0.1) is 0 Å². The van der Waals surface area contributed by atoms with Crippen molar-refractivity contribution in [2.75, 3.05) is 45.2 Å². The Labute approximate surface area is 214 Å². The molecule has 0 atom stereocenters. The van der Waals surface area contributed by atoms with E-state index in [9.17, 15) is 4.39 Å². The lowest BCUT2D eigenvalue weighted by molar-refractivity contribution is -0.0979. The zero-order chi connectivity index (χ0) is 27.1. The molecule has 9 heteroatoms. The zero-order valence-corrected chi connectivity index (χ0v) is 22.1. The molecule has 0 amide bonds. The lowest BCUT2D eigenvalue weighted by Crippen LogP contribution is -2.43. The number of allylic oxidation sites excluding steroid dienone is 1. The average molecular weight is 507 g/mol. The number of anilines is 1. The number of hydrogen-bond donors (Lipinski definition) is 3. The molecule has 194 valence electrons. The molecule has 5 N–H and O–H groups in total. The van der Waals surface area contributed by atoms with Crippen molar-refractivity contribution >= 4 is 36.6 Å². The fraction of sp³-hybridized carbons (Fsp3) is 0.346. The molecule has 0 bridgehead atoms. The average Bonchev–Trinajstić information content (AvgIpc) is 2.95. The third-order valence-electron chi connectivity index (χ3n) is 4.41. The molecule has 2 aromatic rings. The number of nitrogens with two attached hydrogens (primary N) is 2. The molecule has 0 spiro atoms. The number of piperazine rings is 1. The van der Waals surface area contributed by atoms with E-state index in [0.717, 1.165) is 31.7 Å². The van der Waals surface area contributed by atoms with Gasteiger partial charge in [0, 0.05) is 48.7 Å². The van der Waals surface area contributed by atoms with E-state index >= 15 is 0 Å². The molecule has 7 nitrogen and oxygen atoms in total. The van der Waals surface area contributed by atoms with Gasteiger partial charge in [0.05, 0.1) is 0 Å². The maximum Gasteiger partial charge on any atom is 0.158 e. The molecule has 1 heterocycles. The molecule has 0 radical (unpaired) electrons. The number of carbonyl (C=O) groups excluding carboxylic acids is 1. The van der Waals surface area contributed by atoms with Crippen molar-refractivity contribution in [2.24, 2.45) is 21.5 Å². The van der Waals surface area contributed by atoms with Gasteiger partial charge >= 0.3 is 0 Å². The largest absolute Gasteiger partial charge is 0.369 e. The summed E-state index contributed by atoms with van der Waals surface area (Å²) >= 11 is 5.76. The van der Waals surface area contributed by atoms with Gasteiger partial charge < -0.3 is 26.5 Å². The van der Waals surface area contributed by atoms with Crippen LogP contribution in [0.5, 0.6) is 0 Å². The lowest BCUT2D eigenvalue weighted by atomic mass is 10.1. The summed E-state index contributed by atoms with van der Waals surface area (Å²) in [4.78, 5) is 18.7. The standard InChI is InChI=1S/C21H22ClFN4.C2H6.2CH5N.CH2O/c1-24-21(26-10-2-3-16-4-7-18(22)15-20(16)23)17-5-8-19(9-6-17)27-13-11-25-12-14-27;4*1-2/h2,4-10,15,25H,1,3,11-14H2;1-2H3;2*2H2,1H3;1H2/b10-2-,26-21?;;;;. The minimum atomic E-state index is -0.318. The van der Waals surface area contributed by atoms with Crippen molar-refractivity contribution in [3.05, 3.63) is 76.7 Å². The van der Waals surface area contributed by atoms with E-state index in [1.165, 1.54) is 25.8 Å². The normalized spacial score (nSPS) is 12.5. The van der Waals surface area contributed by atoms with E-state index in [-0.39, 0.29) is 5.82 Å². The van der Waals surface area contributed by atoms with Crippen molar-refractivity contribution in [3.63, 3.8) is 0 Å². The van der Waals surface area contributed by atoms with E-state index < -0.39 is 0 Å². The zero-order valence-electron chi connectivity index (χ0n) is 21.3. The van der Waals surface area contributed by atoms with Gasteiger partial charge in [-0.1, -0.05) is 37.6 Å². The number of nitrogens with zero attached hydrogens (tertiary/aromatic N) is 3. The quantitative estimate of drug-likeness (QED) is 0.418. The predicted molar refractivity (Wildman–Crippen MR) is 151 cm³/mol. The van der Waals surface area contributed by atoms with E-state index in [1.807, 2.05) is 32.8 Å². The van der Waals surface area contributed by atoms with E-state index in [1.54, 1.807) is 24.4 Å². The van der Waals surface area contributed by atoms with Crippen LogP contribution in [0, 0.1) is 5.82 Å². The SMILES string of the molecule is C=NC(=N/C=C\Cc1ccc(Cl)cc1F)c1ccc(N2CCNCC2)cc1.C=O.CC.CN.CN. The molecule has 3 rings (SSSR count). The third-order valence-corrected chi connectivity index (χ3v) is 4.65. The number of amidine groups is 1. The van der Waals surface area contributed by atoms with Crippen LogP contribution in [0.4, 0.5) is 10.1 Å². The molecule has 1 saturated heterocycles. The van der Waals surface area contributed by atoms with Gasteiger partial charge in [0.1, 0.15) is 12.6 Å². The highest BCUT2D eigenvalue weighted by molar-refractivity contribution is 6.30. The summed E-state index contributed by atoms with van der Waals surface area (Å²) in [7, 11) is 3.00. The van der Waals surface area contributed by atoms with Crippen molar-refractivity contribution in [3.8, 4) is 0 Å². The minimum absolute atomic E-state index is 0.318. The topological polar surface area (TPSA) is 109 Å². The Kier molecular flexibility index (Phi) is 22.4. The highest BCUT2D eigenvalue weighted by atomic mass is 35.5. The van der Waals surface area contributed by atoms with Crippen molar-refractivity contribution < 1.29 is 9.18 Å². The number of aliphatic imine (C=N–C) groups is 2. The summed E-state index contributed by atoms with van der Waals surface area (Å²) in [5, 5.41) is 3.74. The number of carbonyl (C=O) groups is 1. The van der Waals surface area contributed by atoms with Gasteiger partial charge in [-0.05, 0) is 69.2 Å². The van der Waals surface area contributed by atoms with E-state index in [0.29, 0.717) is 22.8 Å². The first-order valence-corrected chi connectivity index (χ1v) is 11.7. The van der Waals surface area contributed by atoms with Crippen LogP contribution in [0.3, 0.4) is 0 Å². The van der Waals surface area contributed by atoms with Crippen LogP contribution in [0.25, 0.3) is 0 Å². The highest BCUT2D eigenvalue weighted by Crippen LogP contribution is 2.17. The molecule has 0 aliphatic carbocycles. The molecule has 1 aliphatic heterocycles. The van der Waals surface area contributed by atoms with Gasteiger partial charge in [0.25, 0.3) is 0 Å². The summed E-state index contributed by atoms with van der Waals surface area (Å²) in [5.41, 5.74) is 11.7. The second-order valence-corrected chi connectivity index (χ2v) is 6.66. The second kappa shape index (κ2) is 22.9. The maximum atomic E-state index is 13.8. The predicted octanol–water partition coefficient (Wildman–Crippen LogP) is 4.08. The minimum Gasteiger partial charge on any atom is -0.369 e. The van der Waals surface area contributed by atoms with Crippen LogP contribution in [0.15, 0.2) is 64.7 Å². The Balaban J connectivity index is 0. The number of nitrogens with one attached hydrogen (secondary N) is 1.